The Kier molecular flexibility index (Phi) is 6.08. The lowest BCUT2D eigenvalue weighted by Crippen LogP contribution is -2.43. The van der Waals surface area contributed by atoms with Crippen LogP contribution < -0.4 is 16.4 Å². The summed E-state index contributed by atoms with van der Waals surface area (Å²) in [5, 5.41) is 5.77. The van der Waals surface area contributed by atoms with Gasteiger partial charge in [-0.1, -0.05) is 23.2 Å². The van der Waals surface area contributed by atoms with E-state index in [-0.39, 0.29) is 23.5 Å². The maximum atomic E-state index is 11.8. The van der Waals surface area contributed by atoms with E-state index in [1.165, 1.54) is 18.2 Å². The molecule has 0 fully saturated rings. The van der Waals surface area contributed by atoms with Crippen LogP contribution >= 0.6 is 23.2 Å². The number of nitrogens with two attached hydrogens (primary N) is 1. The van der Waals surface area contributed by atoms with Crippen molar-refractivity contribution in [3.63, 3.8) is 0 Å². The molecule has 0 aliphatic rings. The summed E-state index contributed by atoms with van der Waals surface area (Å²) in [5.74, 6) is -0.694. The standard InChI is InChI=1S/C12H15Cl2N3O2/c1-7(5-15)17-11(18)6-16-12(19)8-2-3-9(13)10(14)4-8/h2-4,7H,5-6,15H2,1H3,(H,16,19)(H,17,18)/t7-/m0/s1. The Labute approximate surface area is 121 Å². The summed E-state index contributed by atoms with van der Waals surface area (Å²) < 4.78 is 0. The largest absolute Gasteiger partial charge is 0.351 e. The summed E-state index contributed by atoms with van der Waals surface area (Å²) in [6, 6.07) is 4.37. The van der Waals surface area contributed by atoms with Crippen LogP contribution in [0.4, 0.5) is 0 Å². The molecule has 0 unspecified atom stereocenters. The highest BCUT2D eigenvalue weighted by Crippen LogP contribution is 2.22. The van der Waals surface area contributed by atoms with Crippen LogP contribution in [0.1, 0.15) is 17.3 Å². The molecule has 2 amide bonds. The summed E-state index contributed by atoms with van der Waals surface area (Å²) in [6.07, 6.45) is 0. The summed E-state index contributed by atoms with van der Waals surface area (Å²) in [7, 11) is 0. The second kappa shape index (κ2) is 7.33. The van der Waals surface area contributed by atoms with Crippen LogP contribution in [0.2, 0.25) is 10.0 Å². The molecule has 0 saturated carbocycles. The van der Waals surface area contributed by atoms with Gasteiger partial charge in [-0.3, -0.25) is 9.59 Å². The quantitative estimate of drug-likeness (QED) is 0.764. The number of nitrogens with one attached hydrogen (secondary N) is 2. The number of halogens is 2. The first-order chi connectivity index (χ1) is 8.93. The van der Waals surface area contributed by atoms with Crippen molar-refractivity contribution in [2.45, 2.75) is 13.0 Å². The van der Waals surface area contributed by atoms with Gasteiger partial charge in [0, 0.05) is 18.2 Å². The van der Waals surface area contributed by atoms with Crippen LogP contribution in [0.3, 0.4) is 0 Å². The van der Waals surface area contributed by atoms with E-state index in [1.54, 1.807) is 6.92 Å². The minimum absolute atomic E-state index is 0.122. The molecule has 7 heteroatoms. The molecule has 0 aliphatic carbocycles. The lowest BCUT2D eigenvalue weighted by atomic mass is 10.2. The Bertz CT molecular complexity index is 480. The topological polar surface area (TPSA) is 84.2 Å². The molecule has 0 bridgehead atoms. The molecule has 0 aliphatic heterocycles. The van der Waals surface area contributed by atoms with E-state index >= 15 is 0 Å². The maximum absolute atomic E-state index is 11.8. The van der Waals surface area contributed by atoms with Gasteiger partial charge in [-0.25, -0.2) is 0 Å². The predicted molar refractivity (Wildman–Crippen MR) is 75.5 cm³/mol. The lowest BCUT2D eigenvalue weighted by Gasteiger charge is -2.11. The van der Waals surface area contributed by atoms with Gasteiger partial charge in [-0.05, 0) is 25.1 Å². The third-order valence-corrected chi connectivity index (χ3v) is 3.09. The Hall–Kier alpha value is -1.30. The van der Waals surface area contributed by atoms with Gasteiger partial charge in [0.15, 0.2) is 0 Å². The molecule has 19 heavy (non-hydrogen) atoms. The zero-order valence-corrected chi connectivity index (χ0v) is 11.9. The summed E-state index contributed by atoms with van der Waals surface area (Å²) >= 11 is 11.5. The first-order valence-corrected chi connectivity index (χ1v) is 6.42. The van der Waals surface area contributed by atoms with Crippen molar-refractivity contribution in [1.29, 1.82) is 0 Å². The molecular weight excluding hydrogens is 289 g/mol. The van der Waals surface area contributed by atoms with Gasteiger partial charge in [0.25, 0.3) is 5.91 Å². The number of benzene rings is 1. The molecule has 0 heterocycles. The number of carbonyl (C=O) groups is 2. The zero-order chi connectivity index (χ0) is 14.4. The molecule has 1 rings (SSSR count). The zero-order valence-electron chi connectivity index (χ0n) is 10.4. The van der Waals surface area contributed by atoms with E-state index < -0.39 is 5.91 Å². The Morgan fingerprint density at radius 1 is 1.32 bits per heavy atom. The van der Waals surface area contributed by atoms with Crippen LogP contribution in [0.15, 0.2) is 18.2 Å². The van der Waals surface area contributed by atoms with Gasteiger partial charge < -0.3 is 16.4 Å². The minimum Gasteiger partial charge on any atom is -0.351 e. The number of hydrogen-bond acceptors (Lipinski definition) is 3. The second-order valence-electron chi connectivity index (χ2n) is 4.02. The smallest absolute Gasteiger partial charge is 0.251 e. The van der Waals surface area contributed by atoms with E-state index in [9.17, 15) is 9.59 Å². The lowest BCUT2D eigenvalue weighted by molar-refractivity contribution is -0.120. The van der Waals surface area contributed by atoms with Crippen LogP contribution in [0, 0.1) is 0 Å². The molecule has 0 saturated heterocycles. The van der Waals surface area contributed by atoms with Crippen molar-refractivity contribution in [1.82, 2.24) is 10.6 Å². The van der Waals surface area contributed by atoms with Gasteiger partial charge in [0.05, 0.1) is 16.6 Å². The van der Waals surface area contributed by atoms with Gasteiger partial charge >= 0.3 is 0 Å². The van der Waals surface area contributed by atoms with E-state index in [2.05, 4.69) is 10.6 Å². The van der Waals surface area contributed by atoms with Crippen LogP contribution in [-0.2, 0) is 4.79 Å². The second-order valence-corrected chi connectivity index (χ2v) is 4.83. The first-order valence-electron chi connectivity index (χ1n) is 5.66. The van der Waals surface area contributed by atoms with Gasteiger partial charge in [0.2, 0.25) is 5.91 Å². The van der Waals surface area contributed by atoms with Gasteiger partial charge in [-0.2, -0.15) is 0 Å². The third kappa shape index (κ3) is 5.06. The number of hydrogen-bond donors (Lipinski definition) is 3. The van der Waals surface area contributed by atoms with Crippen molar-refractivity contribution in [2.24, 2.45) is 5.73 Å². The van der Waals surface area contributed by atoms with Crippen molar-refractivity contribution in [2.75, 3.05) is 13.1 Å². The van der Waals surface area contributed by atoms with Crippen molar-refractivity contribution >= 4 is 35.0 Å². The van der Waals surface area contributed by atoms with Crippen LogP contribution in [0.5, 0.6) is 0 Å². The van der Waals surface area contributed by atoms with E-state index in [1.807, 2.05) is 0 Å². The van der Waals surface area contributed by atoms with Crippen molar-refractivity contribution < 1.29 is 9.59 Å². The van der Waals surface area contributed by atoms with Crippen LogP contribution in [-0.4, -0.2) is 30.9 Å². The molecule has 1 atom stereocenters. The predicted octanol–water partition coefficient (Wildman–Crippen LogP) is 1.19. The molecule has 0 spiro atoms. The van der Waals surface area contributed by atoms with E-state index in [0.717, 1.165) is 0 Å². The van der Waals surface area contributed by atoms with Crippen molar-refractivity contribution in [3.8, 4) is 0 Å². The summed E-state index contributed by atoms with van der Waals surface area (Å²) in [5.41, 5.74) is 5.71. The molecular formula is C12H15Cl2N3O2. The van der Waals surface area contributed by atoms with Crippen LogP contribution in [0.25, 0.3) is 0 Å². The highest BCUT2D eigenvalue weighted by atomic mass is 35.5. The summed E-state index contributed by atoms with van der Waals surface area (Å²) in [4.78, 5) is 23.2. The van der Waals surface area contributed by atoms with E-state index in [0.29, 0.717) is 17.1 Å². The minimum atomic E-state index is -0.394. The fraction of sp³-hybridized carbons (Fsp3) is 0.333. The van der Waals surface area contributed by atoms with E-state index in [4.69, 9.17) is 28.9 Å². The molecule has 104 valence electrons. The molecule has 1 aromatic rings. The number of carbonyl (C=O) groups excluding carboxylic acids is 2. The van der Waals surface area contributed by atoms with Gasteiger partial charge in [-0.15, -0.1) is 0 Å². The summed E-state index contributed by atoms with van der Waals surface area (Å²) in [6.45, 7) is 1.99. The fourth-order valence-electron chi connectivity index (χ4n) is 1.28. The highest BCUT2D eigenvalue weighted by molar-refractivity contribution is 6.42. The normalized spacial score (nSPS) is 11.8. The van der Waals surface area contributed by atoms with Crippen molar-refractivity contribution in [3.05, 3.63) is 33.8 Å². The molecule has 0 radical (unpaired) electrons. The molecule has 1 aromatic carbocycles. The molecule has 4 N–H and O–H groups in total. The Balaban J connectivity index is 2.51. The Morgan fingerprint density at radius 2 is 2.00 bits per heavy atom. The average Bonchev–Trinajstić information content (AvgIpc) is 2.39. The molecule has 0 aromatic heterocycles. The Morgan fingerprint density at radius 3 is 2.58 bits per heavy atom. The first kappa shape index (κ1) is 15.8. The highest BCUT2D eigenvalue weighted by Gasteiger charge is 2.10. The third-order valence-electron chi connectivity index (χ3n) is 2.35. The number of rotatable bonds is 5. The number of amides is 2. The average molecular weight is 304 g/mol. The SMILES string of the molecule is C[C@@H](CN)NC(=O)CNC(=O)c1ccc(Cl)c(Cl)c1. The fourth-order valence-corrected chi connectivity index (χ4v) is 1.58. The molecule has 5 nitrogen and oxygen atoms in total. The van der Waals surface area contributed by atoms with Gasteiger partial charge in [0.1, 0.15) is 0 Å². The maximum Gasteiger partial charge on any atom is 0.251 e. The monoisotopic (exact) mass is 303 g/mol.